The summed E-state index contributed by atoms with van der Waals surface area (Å²) in [5, 5.41) is 5.61. The average Bonchev–Trinajstić information content (AvgIpc) is 3.23. The summed E-state index contributed by atoms with van der Waals surface area (Å²) in [6.07, 6.45) is 2.68. The summed E-state index contributed by atoms with van der Waals surface area (Å²) in [5.41, 5.74) is 6.58. The Morgan fingerprint density at radius 3 is 2.70 bits per heavy atom. The maximum atomic E-state index is 11.8. The van der Waals surface area contributed by atoms with Crippen molar-refractivity contribution in [2.75, 3.05) is 18.4 Å². The Morgan fingerprint density at radius 1 is 1.30 bits per heavy atom. The van der Waals surface area contributed by atoms with Crippen molar-refractivity contribution in [1.82, 2.24) is 5.32 Å². The predicted octanol–water partition coefficient (Wildman–Crippen LogP) is 1.54. The summed E-state index contributed by atoms with van der Waals surface area (Å²) >= 11 is 0. The Labute approximate surface area is 124 Å². The number of benzene rings is 1. The smallest absolute Gasteiger partial charge is 0.251 e. The van der Waals surface area contributed by atoms with Gasteiger partial charge in [-0.2, -0.15) is 0 Å². The molecule has 5 nitrogen and oxygen atoms in total. The summed E-state index contributed by atoms with van der Waals surface area (Å²) in [5.74, 6) is 0.0543. The third-order valence-corrected chi connectivity index (χ3v) is 3.01. The minimum atomic E-state index is -0.143. The van der Waals surface area contributed by atoms with Crippen molar-refractivity contribution < 1.29 is 9.59 Å². The van der Waals surface area contributed by atoms with Gasteiger partial charge in [0.2, 0.25) is 5.91 Å². The van der Waals surface area contributed by atoms with Crippen LogP contribution in [0.1, 0.15) is 29.6 Å². The van der Waals surface area contributed by atoms with Crippen molar-refractivity contribution >= 4 is 29.9 Å². The van der Waals surface area contributed by atoms with E-state index in [2.05, 4.69) is 10.6 Å². The fourth-order valence-electron chi connectivity index (χ4n) is 1.73. The van der Waals surface area contributed by atoms with E-state index < -0.39 is 0 Å². The first-order chi connectivity index (χ1) is 9.20. The monoisotopic (exact) mass is 297 g/mol. The van der Waals surface area contributed by atoms with E-state index in [-0.39, 0.29) is 30.1 Å². The molecular weight excluding hydrogens is 278 g/mol. The molecule has 0 radical (unpaired) electrons. The second-order valence-corrected chi connectivity index (χ2v) is 4.74. The minimum absolute atomic E-state index is 0. The highest BCUT2D eigenvalue weighted by Crippen LogP contribution is 2.30. The molecule has 1 aromatic carbocycles. The van der Waals surface area contributed by atoms with Crippen LogP contribution in [0, 0.1) is 5.92 Å². The molecule has 0 unspecified atom stereocenters. The first-order valence-corrected chi connectivity index (χ1v) is 6.60. The van der Waals surface area contributed by atoms with E-state index in [0.717, 1.165) is 19.3 Å². The minimum Gasteiger partial charge on any atom is -0.352 e. The highest BCUT2D eigenvalue weighted by Gasteiger charge is 2.29. The van der Waals surface area contributed by atoms with Crippen LogP contribution in [-0.2, 0) is 4.79 Å². The van der Waals surface area contributed by atoms with E-state index in [0.29, 0.717) is 24.3 Å². The second-order valence-electron chi connectivity index (χ2n) is 4.74. The van der Waals surface area contributed by atoms with Crippen molar-refractivity contribution in [3.05, 3.63) is 29.8 Å². The maximum Gasteiger partial charge on any atom is 0.251 e. The van der Waals surface area contributed by atoms with Crippen LogP contribution >= 0.6 is 12.4 Å². The summed E-state index contributed by atoms with van der Waals surface area (Å²) in [6, 6.07) is 6.97. The van der Waals surface area contributed by atoms with Crippen molar-refractivity contribution in [3.8, 4) is 0 Å². The fourth-order valence-corrected chi connectivity index (χ4v) is 1.73. The summed E-state index contributed by atoms with van der Waals surface area (Å²) in [7, 11) is 0. The second kappa shape index (κ2) is 7.87. The van der Waals surface area contributed by atoms with E-state index in [9.17, 15) is 9.59 Å². The van der Waals surface area contributed by atoms with Gasteiger partial charge < -0.3 is 16.4 Å². The van der Waals surface area contributed by atoms with Gasteiger partial charge in [-0.25, -0.2) is 0 Å². The van der Waals surface area contributed by atoms with E-state index in [1.165, 1.54) is 0 Å². The van der Waals surface area contributed by atoms with Gasteiger partial charge >= 0.3 is 0 Å². The molecule has 1 aromatic rings. The number of carbonyl (C=O) groups is 2. The van der Waals surface area contributed by atoms with Crippen molar-refractivity contribution in [3.63, 3.8) is 0 Å². The highest BCUT2D eigenvalue weighted by atomic mass is 35.5. The number of rotatable bonds is 6. The summed E-state index contributed by atoms with van der Waals surface area (Å²) in [6.45, 7) is 1.12. The Morgan fingerprint density at radius 2 is 2.05 bits per heavy atom. The molecule has 1 aliphatic carbocycles. The van der Waals surface area contributed by atoms with Gasteiger partial charge in [-0.1, -0.05) is 6.07 Å². The Bertz CT molecular complexity index is 475. The SMILES string of the molecule is Cl.NCCCNC(=O)c1cccc(NC(=O)C2CC2)c1. The molecule has 2 rings (SSSR count). The molecule has 0 spiro atoms. The van der Waals surface area contributed by atoms with Crippen molar-refractivity contribution in [2.45, 2.75) is 19.3 Å². The van der Waals surface area contributed by atoms with Crippen LogP contribution in [0.3, 0.4) is 0 Å². The molecule has 2 amide bonds. The third kappa shape index (κ3) is 4.83. The Balaban J connectivity index is 0.00000200. The molecule has 6 heteroatoms. The lowest BCUT2D eigenvalue weighted by molar-refractivity contribution is -0.117. The van der Waals surface area contributed by atoms with Crippen LogP contribution in [-0.4, -0.2) is 24.9 Å². The predicted molar refractivity (Wildman–Crippen MR) is 81.0 cm³/mol. The normalized spacial score (nSPS) is 13.2. The molecule has 0 bridgehead atoms. The van der Waals surface area contributed by atoms with Gasteiger partial charge in [0.1, 0.15) is 0 Å². The lowest BCUT2D eigenvalue weighted by Crippen LogP contribution is -2.26. The molecule has 0 saturated heterocycles. The van der Waals surface area contributed by atoms with E-state index in [1.807, 2.05) is 0 Å². The molecule has 110 valence electrons. The molecule has 1 saturated carbocycles. The van der Waals surface area contributed by atoms with Crippen LogP contribution in [0.5, 0.6) is 0 Å². The lowest BCUT2D eigenvalue weighted by Gasteiger charge is -2.07. The zero-order valence-electron chi connectivity index (χ0n) is 11.2. The number of hydrogen-bond donors (Lipinski definition) is 3. The molecule has 4 N–H and O–H groups in total. The number of nitrogens with one attached hydrogen (secondary N) is 2. The van der Waals surface area contributed by atoms with E-state index in [4.69, 9.17) is 5.73 Å². The van der Waals surface area contributed by atoms with Gasteiger partial charge in [0.05, 0.1) is 0 Å². The van der Waals surface area contributed by atoms with Gasteiger partial charge in [0, 0.05) is 23.7 Å². The molecule has 1 fully saturated rings. The van der Waals surface area contributed by atoms with Crippen LogP contribution in [0.15, 0.2) is 24.3 Å². The lowest BCUT2D eigenvalue weighted by atomic mass is 10.2. The van der Waals surface area contributed by atoms with Crippen molar-refractivity contribution in [1.29, 1.82) is 0 Å². The zero-order valence-corrected chi connectivity index (χ0v) is 12.0. The van der Waals surface area contributed by atoms with Crippen LogP contribution in [0.25, 0.3) is 0 Å². The standard InChI is InChI=1S/C14H19N3O2.ClH/c15-7-2-8-16-13(18)11-3-1-4-12(9-11)17-14(19)10-5-6-10;/h1,3-4,9-10H,2,5-8,15H2,(H,16,18)(H,17,19);1H. The molecular formula is C14H20ClN3O2. The maximum absolute atomic E-state index is 11.8. The highest BCUT2D eigenvalue weighted by molar-refractivity contribution is 5.98. The fraction of sp³-hybridized carbons (Fsp3) is 0.429. The van der Waals surface area contributed by atoms with Gasteiger partial charge in [0.15, 0.2) is 0 Å². The van der Waals surface area contributed by atoms with Gasteiger partial charge in [0.25, 0.3) is 5.91 Å². The number of halogens is 1. The molecule has 0 aromatic heterocycles. The van der Waals surface area contributed by atoms with Gasteiger partial charge in [-0.15, -0.1) is 12.4 Å². The van der Waals surface area contributed by atoms with Crippen LogP contribution in [0.2, 0.25) is 0 Å². The van der Waals surface area contributed by atoms with Gasteiger partial charge in [-0.05, 0) is 44.0 Å². The van der Waals surface area contributed by atoms with Crippen molar-refractivity contribution in [2.24, 2.45) is 11.7 Å². The first-order valence-electron chi connectivity index (χ1n) is 6.60. The van der Waals surface area contributed by atoms with Gasteiger partial charge in [-0.3, -0.25) is 9.59 Å². The first kappa shape index (κ1) is 16.5. The summed E-state index contributed by atoms with van der Waals surface area (Å²) < 4.78 is 0. The topological polar surface area (TPSA) is 84.2 Å². The quantitative estimate of drug-likeness (QED) is 0.696. The summed E-state index contributed by atoms with van der Waals surface area (Å²) in [4.78, 5) is 23.5. The average molecular weight is 298 g/mol. The number of carbonyl (C=O) groups excluding carboxylic acids is 2. The van der Waals surface area contributed by atoms with E-state index in [1.54, 1.807) is 24.3 Å². The molecule has 20 heavy (non-hydrogen) atoms. The molecule has 1 aliphatic rings. The van der Waals surface area contributed by atoms with Crippen LogP contribution in [0.4, 0.5) is 5.69 Å². The molecule has 0 atom stereocenters. The van der Waals surface area contributed by atoms with Crippen LogP contribution < -0.4 is 16.4 Å². The Kier molecular flexibility index (Phi) is 6.48. The number of anilines is 1. The number of amides is 2. The third-order valence-electron chi connectivity index (χ3n) is 3.01. The number of nitrogens with two attached hydrogens (primary N) is 1. The molecule has 0 heterocycles. The molecule has 0 aliphatic heterocycles. The Hall–Kier alpha value is -1.59. The largest absolute Gasteiger partial charge is 0.352 e. The van der Waals surface area contributed by atoms with E-state index >= 15 is 0 Å². The zero-order chi connectivity index (χ0) is 13.7. The number of hydrogen-bond acceptors (Lipinski definition) is 3.